The molecule has 0 amide bonds. The van der Waals surface area contributed by atoms with Gasteiger partial charge in [0.1, 0.15) is 5.82 Å². The van der Waals surface area contributed by atoms with Gasteiger partial charge in [-0.05, 0) is 36.8 Å². The summed E-state index contributed by atoms with van der Waals surface area (Å²) < 4.78 is 13.3. The minimum Gasteiger partial charge on any atom is -0.327 e. The zero-order valence-corrected chi connectivity index (χ0v) is 11.0. The van der Waals surface area contributed by atoms with Crippen molar-refractivity contribution < 1.29 is 4.39 Å². The summed E-state index contributed by atoms with van der Waals surface area (Å²) in [5, 5.41) is 0.0584. The van der Waals surface area contributed by atoms with Crippen molar-refractivity contribution in [2.24, 2.45) is 5.73 Å². The molecule has 94 valence electrons. The summed E-state index contributed by atoms with van der Waals surface area (Å²) in [5.74, 6) is -0.216. The lowest BCUT2D eigenvalue weighted by molar-refractivity contribution is 0.622. The van der Waals surface area contributed by atoms with Gasteiger partial charge in [0, 0.05) is 16.2 Å². The average Bonchev–Trinajstić information content (AvgIpc) is 2.37. The smallest absolute Gasteiger partial charge is 0.123 e. The number of rotatable bonds is 4. The van der Waals surface area contributed by atoms with Crippen LogP contribution in [0.5, 0.6) is 0 Å². The minimum absolute atomic E-state index is 0.0444. The van der Waals surface area contributed by atoms with Crippen molar-refractivity contribution in [1.82, 2.24) is 0 Å². The van der Waals surface area contributed by atoms with E-state index in [1.165, 1.54) is 6.07 Å². The Balaban J connectivity index is 2.24. The van der Waals surface area contributed by atoms with Gasteiger partial charge in [-0.15, -0.1) is 11.8 Å². The van der Waals surface area contributed by atoms with Crippen LogP contribution in [0.4, 0.5) is 4.39 Å². The Hall–Kier alpha value is -1.32. The van der Waals surface area contributed by atoms with Gasteiger partial charge in [0.2, 0.25) is 0 Å². The maximum Gasteiger partial charge on any atom is 0.123 e. The molecule has 3 heteroatoms. The summed E-state index contributed by atoms with van der Waals surface area (Å²) in [5.41, 5.74) is 6.95. The van der Waals surface area contributed by atoms with Crippen molar-refractivity contribution in [3.8, 4) is 0 Å². The molecule has 18 heavy (non-hydrogen) atoms. The molecule has 0 aliphatic rings. The van der Waals surface area contributed by atoms with E-state index in [1.54, 1.807) is 23.9 Å². The highest BCUT2D eigenvalue weighted by molar-refractivity contribution is 7.99. The van der Waals surface area contributed by atoms with E-state index in [1.807, 2.05) is 43.3 Å². The van der Waals surface area contributed by atoms with Crippen molar-refractivity contribution in [3.05, 3.63) is 66.0 Å². The van der Waals surface area contributed by atoms with Crippen LogP contribution >= 0.6 is 11.8 Å². The highest BCUT2D eigenvalue weighted by Crippen LogP contribution is 2.37. The third kappa shape index (κ3) is 3.34. The van der Waals surface area contributed by atoms with Gasteiger partial charge in [0.05, 0.1) is 0 Å². The zero-order valence-electron chi connectivity index (χ0n) is 10.2. The van der Waals surface area contributed by atoms with Gasteiger partial charge in [-0.2, -0.15) is 0 Å². The van der Waals surface area contributed by atoms with E-state index in [-0.39, 0.29) is 17.1 Å². The quantitative estimate of drug-likeness (QED) is 0.842. The predicted octanol–water partition coefficient (Wildman–Crippen LogP) is 4.01. The van der Waals surface area contributed by atoms with Gasteiger partial charge in [0.15, 0.2) is 0 Å². The number of benzene rings is 2. The standard InChI is InChI=1S/C15H16FNS/c1-11(17)15(12-6-5-7-13(16)10-12)18-14-8-3-2-4-9-14/h2-11,15H,17H2,1H3. The normalized spacial score (nSPS) is 14.2. The summed E-state index contributed by atoms with van der Waals surface area (Å²) in [6, 6.07) is 16.7. The van der Waals surface area contributed by atoms with Gasteiger partial charge in [-0.3, -0.25) is 0 Å². The maximum absolute atomic E-state index is 13.3. The van der Waals surface area contributed by atoms with Crippen molar-refractivity contribution in [1.29, 1.82) is 0 Å². The second-order valence-electron chi connectivity index (χ2n) is 4.27. The van der Waals surface area contributed by atoms with Crippen molar-refractivity contribution in [2.45, 2.75) is 23.1 Å². The number of hydrogen-bond donors (Lipinski definition) is 1. The second kappa shape index (κ2) is 6.03. The third-order valence-corrected chi connectivity index (χ3v) is 4.16. The van der Waals surface area contributed by atoms with Crippen LogP contribution in [0.3, 0.4) is 0 Å². The van der Waals surface area contributed by atoms with Crippen molar-refractivity contribution in [2.75, 3.05) is 0 Å². The summed E-state index contributed by atoms with van der Waals surface area (Å²) >= 11 is 1.67. The molecule has 2 N–H and O–H groups in total. The van der Waals surface area contributed by atoms with E-state index in [4.69, 9.17) is 5.73 Å². The predicted molar refractivity (Wildman–Crippen MR) is 75.1 cm³/mol. The molecule has 0 saturated carbocycles. The molecule has 2 atom stereocenters. The largest absolute Gasteiger partial charge is 0.327 e. The van der Waals surface area contributed by atoms with Gasteiger partial charge in [-0.1, -0.05) is 30.3 Å². The van der Waals surface area contributed by atoms with Crippen LogP contribution in [0, 0.1) is 5.82 Å². The fourth-order valence-electron chi connectivity index (χ4n) is 1.81. The highest BCUT2D eigenvalue weighted by atomic mass is 32.2. The van der Waals surface area contributed by atoms with Crippen LogP contribution < -0.4 is 5.73 Å². The number of nitrogens with two attached hydrogens (primary N) is 1. The summed E-state index contributed by atoms with van der Waals surface area (Å²) in [6.07, 6.45) is 0. The number of halogens is 1. The zero-order chi connectivity index (χ0) is 13.0. The number of hydrogen-bond acceptors (Lipinski definition) is 2. The topological polar surface area (TPSA) is 26.0 Å². The number of thioether (sulfide) groups is 1. The lowest BCUT2D eigenvalue weighted by atomic mass is 10.1. The first-order valence-corrected chi connectivity index (χ1v) is 6.77. The van der Waals surface area contributed by atoms with E-state index in [0.29, 0.717) is 0 Å². The van der Waals surface area contributed by atoms with Crippen LogP contribution in [0.25, 0.3) is 0 Å². The van der Waals surface area contributed by atoms with Gasteiger partial charge >= 0.3 is 0 Å². The molecule has 0 aromatic heterocycles. The molecular formula is C15H16FNS. The molecule has 0 fully saturated rings. The van der Waals surface area contributed by atoms with Crippen LogP contribution in [0.15, 0.2) is 59.5 Å². The average molecular weight is 261 g/mol. The molecular weight excluding hydrogens is 245 g/mol. The summed E-state index contributed by atoms with van der Waals surface area (Å²) in [4.78, 5) is 1.14. The molecule has 0 aliphatic carbocycles. The van der Waals surface area contributed by atoms with Gasteiger partial charge < -0.3 is 5.73 Å². The molecule has 0 heterocycles. The molecule has 2 rings (SSSR count). The van der Waals surface area contributed by atoms with E-state index in [2.05, 4.69) is 0 Å². The van der Waals surface area contributed by atoms with Crippen LogP contribution in [-0.2, 0) is 0 Å². The molecule has 2 aromatic rings. The Bertz CT molecular complexity index is 499. The lowest BCUT2D eigenvalue weighted by Gasteiger charge is -2.20. The maximum atomic E-state index is 13.3. The fraction of sp³-hybridized carbons (Fsp3) is 0.200. The third-order valence-electron chi connectivity index (χ3n) is 2.66. The Morgan fingerprint density at radius 1 is 1.06 bits per heavy atom. The van der Waals surface area contributed by atoms with Crippen LogP contribution in [0.2, 0.25) is 0 Å². The molecule has 0 bridgehead atoms. The fourth-order valence-corrected chi connectivity index (χ4v) is 2.91. The van der Waals surface area contributed by atoms with Crippen LogP contribution in [0.1, 0.15) is 17.7 Å². The van der Waals surface area contributed by atoms with Crippen molar-refractivity contribution in [3.63, 3.8) is 0 Å². The molecule has 0 aliphatic heterocycles. The molecule has 0 spiro atoms. The van der Waals surface area contributed by atoms with E-state index in [0.717, 1.165) is 10.5 Å². The SMILES string of the molecule is CC(N)C(Sc1ccccc1)c1cccc(F)c1. The van der Waals surface area contributed by atoms with Gasteiger partial charge in [-0.25, -0.2) is 4.39 Å². The Labute approximate surface area is 111 Å². The van der Waals surface area contributed by atoms with Crippen molar-refractivity contribution >= 4 is 11.8 Å². The molecule has 2 aromatic carbocycles. The summed E-state index contributed by atoms with van der Waals surface area (Å²) in [7, 11) is 0. The van der Waals surface area contributed by atoms with E-state index >= 15 is 0 Å². The summed E-state index contributed by atoms with van der Waals surface area (Å²) in [6.45, 7) is 1.95. The van der Waals surface area contributed by atoms with Gasteiger partial charge in [0.25, 0.3) is 0 Å². The minimum atomic E-state index is -0.216. The lowest BCUT2D eigenvalue weighted by Crippen LogP contribution is -2.22. The van der Waals surface area contributed by atoms with E-state index in [9.17, 15) is 4.39 Å². The Morgan fingerprint density at radius 2 is 1.78 bits per heavy atom. The molecule has 0 radical (unpaired) electrons. The molecule has 0 saturated heterocycles. The Morgan fingerprint density at radius 3 is 2.39 bits per heavy atom. The molecule has 1 nitrogen and oxygen atoms in total. The van der Waals surface area contributed by atoms with Crippen LogP contribution in [-0.4, -0.2) is 6.04 Å². The molecule has 2 unspecified atom stereocenters. The Kier molecular flexibility index (Phi) is 4.39. The monoisotopic (exact) mass is 261 g/mol. The highest BCUT2D eigenvalue weighted by Gasteiger charge is 2.18. The first kappa shape index (κ1) is 13.1. The first-order chi connectivity index (χ1) is 8.66. The van der Waals surface area contributed by atoms with E-state index < -0.39 is 0 Å². The first-order valence-electron chi connectivity index (χ1n) is 5.89. The second-order valence-corrected chi connectivity index (χ2v) is 5.48.